The third-order valence-corrected chi connectivity index (χ3v) is 2.86. The number of phenols is 1. The molecule has 2 aromatic rings. The van der Waals surface area contributed by atoms with Gasteiger partial charge in [0.2, 0.25) is 0 Å². The van der Waals surface area contributed by atoms with Crippen molar-refractivity contribution < 1.29 is 19.8 Å². The van der Waals surface area contributed by atoms with Gasteiger partial charge in [-0.15, -0.1) is 0 Å². The minimum absolute atomic E-state index is 0.0294. The Bertz CT molecular complexity index is 659. The molecule has 0 saturated carbocycles. The number of aromatic hydroxyl groups is 1. The number of carboxylic acids is 1. The average molecular weight is 256 g/mol. The highest BCUT2D eigenvalue weighted by atomic mass is 16.4. The number of benzene rings is 2. The molecular weight excluding hydrogens is 244 g/mol. The summed E-state index contributed by atoms with van der Waals surface area (Å²) in [5, 5.41) is 18.5. The van der Waals surface area contributed by atoms with Crippen LogP contribution in [-0.4, -0.2) is 22.0 Å². The van der Waals surface area contributed by atoms with E-state index in [0.717, 1.165) is 0 Å². The summed E-state index contributed by atoms with van der Waals surface area (Å²) in [6.45, 7) is 1.68. The maximum absolute atomic E-state index is 12.3. The van der Waals surface area contributed by atoms with Gasteiger partial charge < -0.3 is 10.2 Å². The Morgan fingerprint density at radius 2 is 1.63 bits per heavy atom. The summed E-state index contributed by atoms with van der Waals surface area (Å²) in [6, 6.07) is 10.5. The highest BCUT2D eigenvalue weighted by Crippen LogP contribution is 2.20. The van der Waals surface area contributed by atoms with E-state index in [4.69, 9.17) is 5.11 Å². The number of hydrogen-bond acceptors (Lipinski definition) is 3. The van der Waals surface area contributed by atoms with E-state index in [0.29, 0.717) is 11.1 Å². The number of rotatable bonds is 3. The number of hydrogen-bond donors (Lipinski definition) is 2. The molecule has 0 fully saturated rings. The Kier molecular flexibility index (Phi) is 3.33. The van der Waals surface area contributed by atoms with E-state index < -0.39 is 5.97 Å². The van der Waals surface area contributed by atoms with Gasteiger partial charge in [0.25, 0.3) is 0 Å². The number of ketones is 1. The van der Waals surface area contributed by atoms with E-state index in [-0.39, 0.29) is 22.7 Å². The molecule has 0 radical (unpaired) electrons. The first kappa shape index (κ1) is 12.8. The van der Waals surface area contributed by atoms with Gasteiger partial charge in [0.15, 0.2) is 5.78 Å². The minimum atomic E-state index is -1.14. The van der Waals surface area contributed by atoms with Gasteiger partial charge in [-0.3, -0.25) is 4.79 Å². The summed E-state index contributed by atoms with van der Waals surface area (Å²) in [5.41, 5.74) is 1.03. The van der Waals surface area contributed by atoms with Crippen LogP contribution in [0, 0.1) is 6.92 Å². The first-order valence-corrected chi connectivity index (χ1v) is 5.67. The van der Waals surface area contributed by atoms with Gasteiger partial charge in [0.1, 0.15) is 5.75 Å². The van der Waals surface area contributed by atoms with Gasteiger partial charge in [-0.25, -0.2) is 4.79 Å². The fourth-order valence-corrected chi connectivity index (χ4v) is 1.82. The Morgan fingerprint density at radius 3 is 2.21 bits per heavy atom. The van der Waals surface area contributed by atoms with Crippen LogP contribution in [0.15, 0.2) is 42.5 Å². The lowest BCUT2D eigenvalue weighted by atomic mass is 9.97. The predicted octanol–water partition coefficient (Wildman–Crippen LogP) is 2.63. The van der Waals surface area contributed by atoms with Crippen molar-refractivity contribution in [3.8, 4) is 5.75 Å². The Labute approximate surface area is 109 Å². The first-order chi connectivity index (χ1) is 9.00. The van der Waals surface area contributed by atoms with Gasteiger partial charge >= 0.3 is 5.97 Å². The van der Waals surface area contributed by atoms with Gasteiger partial charge in [0, 0.05) is 11.1 Å². The molecule has 0 amide bonds. The SMILES string of the molecule is Cc1cc(C(=O)c2ccccc2C(=O)O)ccc1O. The Hall–Kier alpha value is -2.62. The van der Waals surface area contributed by atoms with Crippen LogP contribution in [0.1, 0.15) is 31.8 Å². The third-order valence-electron chi connectivity index (χ3n) is 2.86. The monoisotopic (exact) mass is 256 g/mol. The molecule has 0 spiro atoms. The quantitative estimate of drug-likeness (QED) is 0.828. The summed E-state index contributed by atoms with van der Waals surface area (Å²) in [6.07, 6.45) is 0. The number of carbonyl (C=O) groups is 2. The molecule has 0 heterocycles. The Balaban J connectivity index is 2.50. The number of aryl methyl sites for hydroxylation is 1. The molecule has 0 bridgehead atoms. The topological polar surface area (TPSA) is 74.6 Å². The van der Waals surface area contributed by atoms with Gasteiger partial charge in [-0.1, -0.05) is 18.2 Å². The zero-order valence-electron chi connectivity index (χ0n) is 10.3. The third kappa shape index (κ3) is 2.47. The second-order valence-corrected chi connectivity index (χ2v) is 4.18. The van der Waals surface area contributed by atoms with Crippen LogP contribution in [0.4, 0.5) is 0 Å². The molecule has 0 saturated heterocycles. The fraction of sp³-hybridized carbons (Fsp3) is 0.0667. The number of aromatic carboxylic acids is 1. The molecule has 96 valence electrons. The molecule has 0 aliphatic carbocycles. The zero-order chi connectivity index (χ0) is 14.0. The van der Waals surface area contributed by atoms with Gasteiger partial charge in [-0.2, -0.15) is 0 Å². The average Bonchev–Trinajstić information content (AvgIpc) is 2.41. The van der Waals surface area contributed by atoms with Gasteiger partial charge in [0.05, 0.1) is 5.56 Å². The fourth-order valence-electron chi connectivity index (χ4n) is 1.82. The summed E-state index contributed by atoms with van der Waals surface area (Å²) >= 11 is 0. The van der Waals surface area contributed by atoms with E-state index in [2.05, 4.69) is 0 Å². The van der Waals surface area contributed by atoms with Crippen molar-refractivity contribution in [1.82, 2.24) is 0 Å². The lowest BCUT2D eigenvalue weighted by Crippen LogP contribution is -2.09. The van der Waals surface area contributed by atoms with Crippen molar-refractivity contribution >= 4 is 11.8 Å². The molecule has 19 heavy (non-hydrogen) atoms. The summed E-state index contributed by atoms with van der Waals surface area (Å²) < 4.78 is 0. The summed E-state index contributed by atoms with van der Waals surface area (Å²) in [4.78, 5) is 23.4. The van der Waals surface area contributed by atoms with Crippen LogP contribution >= 0.6 is 0 Å². The second-order valence-electron chi connectivity index (χ2n) is 4.18. The van der Waals surface area contributed by atoms with Crippen LogP contribution in [0.25, 0.3) is 0 Å². The molecule has 2 rings (SSSR count). The molecule has 0 atom stereocenters. The molecule has 0 aliphatic rings. The number of phenolic OH excluding ortho intramolecular Hbond substituents is 1. The smallest absolute Gasteiger partial charge is 0.336 e. The molecule has 0 aromatic heterocycles. The van der Waals surface area contributed by atoms with Crippen molar-refractivity contribution in [3.63, 3.8) is 0 Å². The van der Waals surface area contributed by atoms with Crippen molar-refractivity contribution in [2.45, 2.75) is 6.92 Å². The minimum Gasteiger partial charge on any atom is -0.508 e. The highest BCUT2D eigenvalue weighted by Gasteiger charge is 2.17. The first-order valence-electron chi connectivity index (χ1n) is 5.67. The van der Waals surface area contributed by atoms with Crippen LogP contribution in [0.5, 0.6) is 5.75 Å². The maximum atomic E-state index is 12.3. The van der Waals surface area contributed by atoms with Crippen molar-refractivity contribution in [3.05, 3.63) is 64.7 Å². The normalized spacial score (nSPS) is 10.2. The van der Waals surface area contributed by atoms with Crippen molar-refractivity contribution in [1.29, 1.82) is 0 Å². The van der Waals surface area contributed by atoms with Crippen LogP contribution in [0.3, 0.4) is 0 Å². The molecule has 2 N–H and O–H groups in total. The van der Waals surface area contributed by atoms with E-state index in [1.165, 1.54) is 30.3 Å². The molecule has 0 unspecified atom stereocenters. The zero-order valence-corrected chi connectivity index (χ0v) is 10.3. The lowest BCUT2D eigenvalue weighted by molar-refractivity contribution is 0.0693. The summed E-state index contributed by atoms with van der Waals surface area (Å²) in [5.74, 6) is -1.41. The Morgan fingerprint density at radius 1 is 1.00 bits per heavy atom. The molecule has 4 heteroatoms. The molecule has 0 aliphatic heterocycles. The van der Waals surface area contributed by atoms with E-state index in [1.54, 1.807) is 19.1 Å². The highest BCUT2D eigenvalue weighted by molar-refractivity contribution is 6.14. The van der Waals surface area contributed by atoms with Crippen LogP contribution < -0.4 is 0 Å². The number of carbonyl (C=O) groups excluding carboxylic acids is 1. The van der Waals surface area contributed by atoms with Crippen molar-refractivity contribution in [2.24, 2.45) is 0 Å². The largest absolute Gasteiger partial charge is 0.508 e. The molecule has 4 nitrogen and oxygen atoms in total. The van der Waals surface area contributed by atoms with Crippen LogP contribution in [-0.2, 0) is 0 Å². The molecule has 2 aromatic carbocycles. The maximum Gasteiger partial charge on any atom is 0.336 e. The second kappa shape index (κ2) is 4.94. The van der Waals surface area contributed by atoms with Crippen molar-refractivity contribution in [2.75, 3.05) is 0 Å². The molecular formula is C15H12O4. The number of carboxylic acid groups (broad SMARTS) is 1. The van der Waals surface area contributed by atoms with E-state index in [1.807, 2.05) is 0 Å². The lowest BCUT2D eigenvalue weighted by Gasteiger charge is -2.06. The standard InChI is InChI=1S/C15H12O4/c1-9-8-10(6-7-13(9)16)14(17)11-4-2-3-5-12(11)15(18)19/h2-8,16H,1H3,(H,18,19). The van der Waals surface area contributed by atoms with E-state index >= 15 is 0 Å². The van der Waals surface area contributed by atoms with Crippen LogP contribution in [0.2, 0.25) is 0 Å². The predicted molar refractivity (Wildman–Crippen MR) is 69.7 cm³/mol. The van der Waals surface area contributed by atoms with Gasteiger partial charge in [-0.05, 0) is 36.8 Å². The van der Waals surface area contributed by atoms with E-state index in [9.17, 15) is 14.7 Å². The summed E-state index contributed by atoms with van der Waals surface area (Å²) in [7, 11) is 0.